The molecule has 6 rings (SSSR count). The molecule has 1 fully saturated rings. The van der Waals surface area contributed by atoms with Crippen molar-refractivity contribution in [1.29, 1.82) is 0 Å². The molecule has 1 aliphatic rings. The normalized spacial score (nSPS) is 16.1. The topological polar surface area (TPSA) is 111 Å². The van der Waals surface area contributed by atoms with Gasteiger partial charge in [-0.2, -0.15) is 4.31 Å². The summed E-state index contributed by atoms with van der Waals surface area (Å²) in [5, 5.41) is 5.83. The number of nitrogens with zero attached hydrogens (tertiary/aromatic N) is 5. The molecule has 0 spiro atoms. The highest BCUT2D eigenvalue weighted by molar-refractivity contribution is 7.89. The number of methoxy groups -OCH3 is 2. The summed E-state index contributed by atoms with van der Waals surface area (Å²) in [6.45, 7) is 0.752. The van der Waals surface area contributed by atoms with Crippen molar-refractivity contribution in [2.75, 3.05) is 32.6 Å². The predicted molar refractivity (Wildman–Crippen MR) is 159 cm³/mol. The van der Waals surface area contributed by atoms with Crippen molar-refractivity contribution in [3.05, 3.63) is 71.3 Å². The van der Waals surface area contributed by atoms with Gasteiger partial charge in [-0.1, -0.05) is 11.6 Å². The maximum absolute atomic E-state index is 13.3. The minimum atomic E-state index is -3.65. The number of hydrogen-bond donors (Lipinski definition) is 1. The van der Waals surface area contributed by atoms with Crippen LogP contribution < -0.4 is 14.8 Å². The molecule has 41 heavy (non-hydrogen) atoms. The molecule has 5 aromatic rings. The van der Waals surface area contributed by atoms with Gasteiger partial charge in [-0.25, -0.2) is 23.4 Å². The number of hydrogen-bond acceptors (Lipinski definition) is 9. The van der Waals surface area contributed by atoms with Crippen LogP contribution in [-0.2, 0) is 10.0 Å². The Bertz CT molecular complexity index is 1810. The van der Waals surface area contributed by atoms with Gasteiger partial charge in [-0.15, -0.1) is 11.3 Å². The first-order valence-corrected chi connectivity index (χ1v) is 15.6. The standard InChI is InChI=1S/C28H27ClN6O4S2/c1-38-23-10-5-18(16-24(23)39-2)25-26(35-14-15-40-28(35)33-25)22-11-12-30-27(32-22)31-20-4-3-13-34(17-20)41(36,37)21-8-6-19(29)7-9-21/h5-12,14-16,20H,3-4,13,17H2,1-2H3,(H,30,31,32)/t20-/m0/s1. The minimum Gasteiger partial charge on any atom is -0.493 e. The molecule has 0 aliphatic carbocycles. The van der Waals surface area contributed by atoms with Gasteiger partial charge in [0.15, 0.2) is 16.5 Å². The molecular weight excluding hydrogens is 584 g/mol. The van der Waals surface area contributed by atoms with Gasteiger partial charge in [0.05, 0.1) is 30.5 Å². The highest BCUT2D eigenvalue weighted by Gasteiger charge is 2.31. The van der Waals surface area contributed by atoms with Crippen LogP contribution in [0.15, 0.2) is 71.2 Å². The Morgan fingerprint density at radius 1 is 1.05 bits per heavy atom. The van der Waals surface area contributed by atoms with E-state index in [1.54, 1.807) is 32.5 Å². The highest BCUT2D eigenvalue weighted by Crippen LogP contribution is 2.38. The Morgan fingerprint density at radius 2 is 1.85 bits per heavy atom. The van der Waals surface area contributed by atoms with Crippen molar-refractivity contribution < 1.29 is 17.9 Å². The number of nitrogens with one attached hydrogen (secondary N) is 1. The van der Waals surface area contributed by atoms with Gasteiger partial charge in [0.1, 0.15) is 5.69 Å². The van der Waals surface area contributed by atoms with Crippen molar-refractivity contribution in [1.82, 2.24) is 23.7 Å². The SMILES string of the molecule is COc1ccc(-c2nc3sccn3c2-c2ccnc(N[C@H]3CCCN(S(=O)(=O)c4ccc(Cl)cc4)C3)n2)cc1OC. The van der Waals surface area contributed by atoms with E-state index in [0.29, 0.717) is 47.7 Å². The number of anilines is 1. The molecule has 0 radical (unpaired) electrons. The second-order valence-electron chi connectivity index (χ2n) is 9.50. The van der Waals surface area contributed by atoms with Crippen LogP contribution in [-0.4, -0.2) is 65.4 Å². The summed E-state index contributed by atoms with van der Waals surface area (Å²) in [5.74, 6) is 1.65. The van der Waals surface area contributed by atoms with E-state index >= 15 is 0 Å². The zero-order chi connectivity index (χ0) is 28.6. The Morgan fingerprint density at radius 3 is 2.63 bits per heavy atom. The van der Waals surface area contributed by atoms with Crippen LogP contribution in [0.1, 0.15) is 12.8 Å². The number of sulfonamides is 1. The van der Waals surface area contributed by atoms with Gasteiger partial charge >= 0.3 is 0 Å². The van der Waals surface area contributed by atoms with E-state index in [2.05, 4.69) is 10.3 Å². The molecule has 0 saturated carbocycles. The van der Waals surface area contributed by atoms with Gasteiger partial charge in [-0.3, -0.25) is 4.40 Å². The van der Waals surface area contributed by atoms with Gasteiger partial charge in [0.25, 0.3) is 0 Å². The van der Waals surface area contributed by atoms with Crippen LogP contribution in [0.25, 0.3) is 27.6 Å². The van der Waals surface area contributed by atoms with Gasteiger partial charge in [0.2, 0.25) is 16.0 Å². The Balaban J connectivity index is 1.29. The molecule has 13 heteroatoms. The maximum Gasteiger partial charge on any atom is 0.243 e. The fraction of sp³-hybridized carbons (Fsp3) is 0.250. The van der Waals surface area contributed by atoms with Crippen LogP contribution in [0.3, 0.4) is 0 Å². The van der Waals surface area contributed by atoms with Crippen molar-refractivity contribution in [3.8, 4) is 34.1 Å². The van der Waals surface area contributed by atoms with E-state index in [-0.39, 0.29) is 10.9 Å². The quantitative estimate of drug-likeness (QED) is 0.247. The van der Waals surface area contributed by atoms with Gasteiger partial charge in [0, 0.05) is 47.5 Å². The van der Waals surface area contributed by atoms with Crippen LogP contribution in [0.4, 0.5) is 5.95 Å². The van der Waals surface area contributed by atoms with E-state index in [9.17, 15) is 8.42 Å². The molecule has 1 aliphatic heterocycles. The summed E-state index contributed by atoms with van der Waals surface area (Å²) in [6.07, 6.45) is 5.16. The number of rotatable bonds is 8. The third-order valence-corrected chi connectivity index (χ3v) is 9.87. The summed E-state index contributed by atoms with van der Waals surface area (Å²) in [4.78, 5) is 15.2. The summed E-state index contributed by atoms with van der Waals surface area (Å²) >= 11 is 7.49. The smallest absolute Gasteiger partial charge is 0.243 e. The lowest BCUT2D eigenvalue weighted by atomic mass is 10.1. The lowest BCUT2D eigenvalue weighted by molar-refractivity contribution is 0.326. The average molecular weight is 611 g/mol. The average Bonchev–Trinajstić information content (AvgIpc) is 3.59. The Kier molecular flexibility index (Phi) is 7.56. The minimum absolute atomic E-state index is 0.155. The Hall–Kier alpha value is -3.71. The van der Waals surface area contributed by atoms with Crippen LogP contribution in [0.5, 0.6) is 11.5 Å². The first-order chi connectivity index (χ1) is 19.9. The van der Waals surface area contributed by atoms with E-state index < -0.39 is 10.0 Å². The molecule has 10 nitrogen and oxygen atoms in total. The summed E-state index contributed by atoms with van der Waals surface area (Å²) in [5.41, 5.74) is 3.10. The second-order valence-corrected chi connectivity index (χ2v) is 12.7. The molecule has 0 bridgehead atoms. The van der Waals surface area contributed by atoms with Gasteiger partial charge < -0.3 is 14.8 Å². The molecule has 2 aromatic carbocycles. The first kappa shape index (κ1) is 27.5. The largest absolute Gasteiger partial charge is 0.493 e. The molecule has 1 atom stereocenters. The molecule has 3 aromatic heterocycles. The van der Waals surface area contributed by atoms with Gasteiger partial charge in [-0.05, 0) is 61.4 Å². The zero-order valence-electron chi connectivity index (χ0n) is 22.3. The lowest BCUT2D eigenvalue weighted by Crippen LogP contribution is -2.45. The third-order valence-electron chi connectivity index (χ3n) is 6.99. The summed E-state index contributed by atoms with van der Waals surface area (Å²) < 4.78 is 41.0. The fourth-order valence-electron chi connectivity index (χ4n) is 4.99. The molecular formula is C28H27ClN6O4S2. The number of fused-ring (bicyclic) bond motifs is 1. The van der Waals surface area contributed by atoms with E-state index in [0.717, 1.165) is 28.3 Å². The van der Waals surface area contributed by atoms with E-state index in [1.807, 2.05) is 40.2 Å². The second kappa shape index (κ2) is 11.3. The van der Waals surface area contributed by atoms with E-state index in [4.69, 9.17) is 31.0 Å². The highest BCUT2D eigenvalue weighted by atomic mass is 35.5. The van der Waals surface area contributed by atoms with Crippen molar-refractivity contribution >= 4 is 43.9 Å². The van der Waals surface area contributed by atoms with Crippen LogP contribution in [0, 0.1) is 0 Å². The number of thiazole rings is 1. The molecule has 4 heterocycles. The Labute approximate surface area is 246 Å². The molecule has 0 unspecified atom stereocenters. The summed E-state index contributed by atoms with van der Waals surface area (Å²) in [7, 11) is -0.447. The number of piperidine rings is 1. The fourth-order valence-corrected chi connectivity index (χ4v) is 7.36. The summed E-state index contributed by atoms with van der Waals surface area (Å²) in [6, 6.07) is 13.6. The monoisotopic (exact) mass is 610 g/mol. The van der Waals surface area contributed by atoms with E-state index in [1.165, 1.54) is 27.8 Å². The van der Waals surface area contributed by atoms with Crippen molar-refractivity contribution in [3.63, 3.8) is 0 Å². The number of ether oxygens (including phenoxy) is 2. The molecule has 1 N–H and O–H groups in total. The maximum atomic E-state index is 13.3. The molecule has 212 valence electrons. The lowest BCUT2D eigenvalue weighted by Gasteiger charge is -2.32. The molecule has 1 saturated heterocycles. The van der Waals surface area contributed by atoms with Crippen LogP contribution in [0.2, 0.25) is 5.02 Å². The third kappa shape index (κ3) is 5.35. The van der Waals surface area contributed by atoms with Crippen LogP contribution >= 0.6 is 22.9 Å². The number of aromatic nitrogens is 4. The number of halogens is 1. The zero-order valence-corrected chi connectivity index (χ0v) is 24.7. The predicted octanol–water partition coefficient (Wildman–Crippen LogP) is 5.46. The first-order valence-electron chi connectivity index (χ1n) is 12.9. The number of benzene rings is 2. The molecule has 0 amide bonds. The van der Waals surface area contributed by atoms with Crippen molar-refractivity contribution in [2.45, 2.75) is 23.8 Å². The number of imidazole rings is 1. The van der Waals surface area contributed by atoms with Crippen molar-refractivity contribution in [2.24, 2.45) is 0 Å².